The quantitative estimate of drug-likeness (QED) is 0.527. The molecule has 3 aromatic rings. The van der Waals surface area contributed by atoms with Crippen molar-refractivity contribution in [2.45, 2.75) is 45.4 Å². The van der Waals surface area contributed by atoms with Gasteiger partial charge in [-0.05, 0) is 66.3 Å². The first kappa shape index (κ1) is 15.8. The molecule has 0 atom stereocenters. The van der Waals surface area contributed by atoms with Gasteiger partial charge in [-0.3, -0.25) is 4.98 Å². The Morgan fingerprint density at radius 1 is 0.808 bits per heavy atom. The number of nitrogens with zero attached hydrogens (tertiary/aromatic N) is 1. The largest absolute Gasteiger partial charge is 0.256 e. The van der Waals surface area contributed by atoms with Crippen molar-refractivity contribution in [1.82, 2.24) is 4.98 Å². The predicted octanol–water partition coefficient (Wildman–Crippen LogP) is 6.38. The molecule has 0 amide bonds. The lowest BCUT2D eigenvalue weighted by atomic mass is 9.83. The van der Waals surface area contributed by atoms with E-state index in [-0.39, 0.29) is 0 Å². The van der Waals surface area contributed by atoms with Crippen molar-refractivity contribution in [2.24, 2.45) is 5.41 Å². The molecule has 2 aromatic carbocycles. The van der Waals surface area contributed by atoms with Crippen molar-refractivity contribution in [3.63, 3.8) is 0 Å². The van der Waals surface area contributed by atoms with Gasteiger partial charge in [0.05, 0.1) is 5.69 Å². The van der Waals surface area contributed by atoms with Crippen LogP contribution in [-0.4, -0.2) is 4.98 Å². The lowest BCUT2D eigenvalue weighted by Gasteiger charge is -2.21. The summed E-state index contributed by atoms with van der Waals surface area (Å²) in [7, 11) is 0. The summed E-state index contributed by atoms with van der Waals surface area (Å²) in [6.45, 7) is 2.15. The van der Waals surface area contributed by atoms with E-state index < -0.39 is 0 Å². The van der Waals surface area contributed by atoms with E-state index in [1.807, 2.05) is 0 Å². The monoisotopic (exact) mass is 339 g/mol. The standard InChI is InChI=1S/C25H25N/c1-18-7-2-3-9-21(18)24-12-11-20(17-26-24)22-10-6-8-19-15-25(16-23(19)22)13-4-5-14-25/h2-3,6-12,17H,4-5,13-16H2,1H3. The van der Waals surface area contributed by atoms with Gasteiger partial charge < -0.3 is 0 Å². The molecular weight excluding hydrogens is 314 g/mol. The van der Waals surface area contributed by atoms with E-state index in [0.717, 1.165) is 5.69 Å². The fourth-order valence-corrected chi connectivity index (χ4v) is 5.17. The minimum absolute atomic E-state index is 0.562. The zero-order valence-corrected chi connectivity index (χ0v) is 15.5. The van der Waals surface area contributed by atoms with Crippen LogP contribution in [0.2, 0.25) is 0 Å². The smallest absolute Gasteiger partial charge is 0.0705 e. The van der Waals surface area contributed by atoms with Crippen LogP contribution in [-0.2, 0) is 12.8 Å². The number of aromatic nitrogens is 1. The highest BCUT2D eigenvalue weighted by Gasteiger charge is 2.40. The number of rotatable bonds is 2. The molecule has 1 fully saturated rings. The molecule has 1 aromatic heterocycles. The van der Waals surface area contributed by atoms with Crippen LogP contribution in [0, 0.1) is 12.3 Å². The highest BCUT2D eigenvalue weighted by Crippen LogP contribution is 2.50. The highest BCUT2D eigenvalue weighted by atomic mass is 14.7. The van der Waals surface area contributed by atoms with Crippen LogP contribution < -0.4 is 0 Å². The number of pyridine rings is 1. The van der Waals surface area contributed by atoms with E-state index in [9.17, 15) is 0 Å². The molecule has 130 valence electrons. The molecule has 0 aliphatic heterocycles. The minimum atomic E-state index is 0.562. The van der Waals surface area contributed by atoms with Gasteiger partial charge in [-0.25, -0.2) is 0 Å². The number of fused-ring (bicyclic) bond motifs is 1. The van der Waals surface area contributed by atoms with Crippen molar-refractivity contribution < 1.29 is 0 Å². The zero-order chi connectivity index (χ0) is 17.6. The summed E-state index contributed by atoms with van der Waals surface area (Å²) in [5.41, 5.74) is 9.94. The molecule has 0 unspecified atom stereocenters. The number of hydrogen-bond donors (Lipinski definition) is 0. The molecule has 0 radical (unpaired) electrons. The van der Waals surface area contributed by atoms with E-state index in [2.05, 4.69) is 67.7 Å². The molecular formula is C25H25N. The summed E-state index contributed by atoms with van der Waals surface area (Å²) >= 11 is 0. The van der Waals surface area contributed by atoms with Crippen LogP contribution in [0.4, 0.5) is 0 Å². The summed E-state index contributed by atoms with van der Waals surface area (Å²) < 4.78 is 0. The van der Waals surface area contributed by atoms with Gasteiger partial charge in [0.2, 0.25) is 0 Å². The second-order valence-corrected chi connectivity index (χ2v) is 8.25. The SMILES string of the molecule is Cc1ccccc1-c1ccc(-c2cccc3c2CC2(CCCC2)C3)cn1. The van der Waals surface area contributed by atoms with E-state index >= 15 is 0 Å². The lowest BCUT2D eigenvalue weighted by Crippen LogP contribution is -2.15. The summed E-state index contributed by atoms with van der Waals surface area (Å²) in [6.07, 6.45) is 10.3. The maximum atomic E-state index is 4.80. The normalized spacial score (nSPS) is 17.6. The Labute approximate surface area is 156 Å². The maximum Gasteiger partial charge on any atom is 0.0705 e. The molecule has 5 rings (SSSR count). The molecule has 1 heterocycles. The Morgan fingerprint density at radius 2 is 1.62 bits per heavy atom. The third-order valence-corrected chi connectivity index (χ3v) is 6.55. The van der Waals surface area contributed by atoms with Gasteiger partial charge in [0.25, 0.3) is 0 Å². The maximum absolute atomic E-state index is 4.80. The highest BCUT2D eigenvalue weighted by molar-refractivity contribution is 5.72. The van der Waals surface area contributed by atoms with E-state index in [0.29, 0.717) is 5.41 Å². The van der Waals surface area contributed by atoms with Crippen LogP contribution in [0.3, 0.4) is 0 Å². The Balaban J connectivity index is 1.51. The summed E-state index contributed by atoms with van der Waals surface area (Å²) in [5, 5.41) is 0. The average Bonchev–Trinajstić information content (AvgIpc) is 3.28. The molecule has 1 spiro atoms. The molecule has 1 nitrogen and oxygen atoms in total. The second-order valence-electron chi connectivity index (χ2n) is 8.25. The fraction of sp³-hybridized carbons (Fsp3) is 0.320. The molecule has 0 bridgehead atoms. The third kappa shape index (κ3) is 2.58. The molecule has 1 saturated carbocycles. The summed E-state index contributed by atoms with van der Waals surface area (Å²) in [6, 6.07) is 19.8. The molecule has 0 saturated heterocycles. The van der Waals surface area contributed by atoms with Crippen LogP contribution in [0.15, 0.2) is 60.8 Å². The predicted molar refractivity (Wildman–Crippen MR) is 108 cm³/mol. The van der Waals surface area contributed by atoms with Gasteiger partial charge in [-0.15, -0.1) is 0 Å². The summed E-state index contributed by atoms with van der Waals surface area (Å²) in [5.74, 6) is 0. The Kier molecular flexibility index (Phi) is 3.70. The van der Waals surface area contributed by atoms with Gasteiger partial charge in [0.15, 0.2) is 0 Å². The fourth-order valence-electron chi connectivity index (χ4n) is 5.17. The Hall–Kier alpha value is -2.41. The van der Waals surface area contributed by atoms with E-state index in [1.54, 1.807) is 11.1 Å². The van der Waals surface area contributed by atoms with Crippen molar-refractivity contribution in [2.75, 3.05) is 0 Å². The van der Waals surface area contributed by atoms with E-state index in [1.165, 1.54) is 60.8 Å². The number of benzene rings is 2. The zero-order valence-electron chi connectivity index (χ0n) is 15.5. The summed E-state index contributed by atoms with van der Waals surface area (Å²) in [4.78, 5) is 4.80. The van der Waals surface area contributed by atoms with Gasteiger partial charge in [-0.2, -0.15) is 0 Å². The Bertz CT molecular complexity index is 946. The van der Waals surface area contributed by atoms with Crippen LogP contribution in [0.25, 0.3) is 22.4 Å². The third-order valence-electron chi connectivity index (χ3n) is 6.55. The van der Waals surface area contributed by atoms with Gasteiger partial charge in [0.1, 0.15) is 0 Å². The lowest BCUT2D eigenvalue weighted by molar-refractivity contribution is 0.318. The molecule has 1 heteroatoms. The van der Waals surface area contributed by atoms with Crippen LogP contribution in [0.1, 0.15) is 42.4 Å². The number of aryl methyl sites for hydroxylation is 1. The average molecular weight is 339 g/mol. The van der Waals surface area contributed by atoms with Crippen molar-refractivity contribution in [3.05, 3.63) is 77.5 Å². The first-order valence-electron chi connectivity index (χ1n) is 9.87. The molecule has 26 heavy (non-hydrogen) atoms. The number of hydrogen-bond acceptors (Lipinski definition) is 1. The minimum Gasteiger partial charge on any atom is -0.256 e. The van der Waals surface area contributed by atoms with Crippen LogP contribution >= 0.6 is 0 Å². The van der Waals surface area contributed by atoms with Gasteiger partial charge in [0, 0.05) is 17.3 Å². The second kappa shape index (κ2) is 6.09. The van der Waals surface area contributed by atoms with Crippen molar-refractivity contribution in [3.8, 4) is 22.4 Å². The van der Waals surface area contributed by atoms with Crippen molar-refractivity contribution in [1.29, 1.82) is 0 Å². The van der Waals surface area contributed by atoms with Gasteiger partial charge >= 0.3 is 0 Å². The first-order chi connectivity index (χ1) is 12.7. The van der Waals surface area contributed by atoms with Crippen LogP contribution in [0.5, 0.6) is 0 Å². The first-order valence-corrected chi connectivity index (χ1v) is 9.87. The molecule has 2 aliphatic carbocycles. The molecule has 2 aliphatic rings. The van der Waals surface area contributed by atoms with E-state index in [4.69, 9.17) is 4.98 Å². The topological polar surface area (TPSA) is 12.9 Å². The van der Waals surface area contributed by atoms with Crippen molar-refractivity contribution >= 4 is 0 Å². The van der Waals surface area contributed by atoms with Gasteiger partial charge in [-0.1, -0.05) is 61.4 Å². The Morgan fingerprint density at radius 3 is 2.38 bits per heavy atom. The molecule has 0 N–H and O–H groups in total.